The Bertz CT molecular complexity index is 1160. The zero-order chi connectivity index (χ0) is 18.3. The molecule has 0 N–H and O–H groups in total. The number of hydrogen-bond acceptors (Lipinski definition) is 4. The minimum absolute atomic E-state index is 0.177. The molecule has 0 unspecified atom stereocenters. The quantitative estimate of drug-likeness (QED) is 0.571. The van der Waals surface area contributed by atoms with Crippen molar-refractivity contribution in [2.24, 2.45) is 0 Å². The van der Waals surface area contributed by atoms with Crippen LogP contribution in [0.2, 0.25) is 0 Å². The van der Waals surface area contributed by atoms with Gasteiger partial charge in [0.15, 0.2) is 5.82 Å². The van der Waals surface area contributed by atoms with Gasteiger partial charge in [0, 0.05) is 34.7 Å². The molecular formula is C20H18N4O2. The first-order valence-electron chi connectivity index (χ1n) is 8.27. The Hall–Kier alpha value is -3.41. The average molecular weight is 346 g/mol. The molecule has 0 saturated carbocycles. The lowest BCUT2D eigenvalue weighted by Crippen LogP contribution is -2.21. The van der Waals surface area contributed by atoms with Crippen LogP contribution in [0.1, 0.15) is 11.4 Å². The monoisotopic (exact) mass is 346 g/mol. The maximum absolute atomic E-state index is 13.1. The van der Waals surface area contributed by atoms with Gasteiger partial charge in [0.1, 0.15) is 5.75 Å². The predicted octanol–water partition coefficient (Wildman–Crippen LogP) is 3.20. The van der Waals surface area contributed by atoms with Crippen molar-refractivity contribution < 1.29 is 4.74 Å². The van der Waals surface area contributed by atoms with Crippen LogP contribution in [0.15, 0.2) is 59.7 Å². The van der Waals surface area contributed by atoms with Crippen LogP contribution in [0.3, 0.4) is 0 Å². The molecule has 0 fully saturated rings. The highest BCUT2D eigenvalue weighted by molar-refractivity contribution is 5.88. The Kier molecular flexibility index (Phi) is 3.80. The summed E-state index contributed by atoms with van der Waals surface area (Å²) in [4.78, 5) is 17.3. The van der Waals surface area contributed by atoms with Crippen LogP contribution in [-0.4, -0.2) is 26.4 Å². The third kappa shape index (κ3) is 2.38. The van der Waals surface area contributed by atoms with E-state index in [1.165, 1.54) is 4.68 Å². The summed E-state index contributed by atoms with van der Waals surface area (Å²) in [5.74, 6) is 1.27. The first-order valence-corrected chi connectivity index (χ1v) is 8.27. The van der Waals surface area contributed by atoms with Crippen molar-refractivity contribution in [2.45, 2.75) is 13.8 Å². The number of nitrogens with zero attached hydrogens (tertiary/aromatic N) is 4. The lowest BCUT2D eigenvalue weighted by molar-refractivity contribution is 0.414. The minimum Gasteiger partial charge on any atom is -0.497 e. The van der Waals surface area contributed by atoms with Gasteiger partial charge in [0.25, 0.3) is 5.56 Å². The van der Waals surface area contributed by atoms with Gasteiger partial charge in [-0.05, 0) is 38.1 Å². The highest BCUT2D eigenvalue weighted by Gasteiger charge is 2.18. The number of hydrogen-bond donors (Lipinski definition) is 0. The fraction of sp³-hybridized carbons (Fsp3) is 0.150. The smallest absolute Gasteiger partial charge is 0.282 e. The molecule has 0 radical (unpaired) electrons. The van der Waals surface area contributed by atoms with Crippen molar-refractivity contribution in [3.63, 3.8) is 0 Å². The van der Waals surface area contributed by atoms with E-state index in [0.29, 0.717) is 11.2 Å². The summed E-state index contributed by atoms with van der Waals surface area (Å²) in [7, 11) is 1.64. The zero-order valence-electron chi connectivity index (χ0n) is 14.8. The summed E-state index contributed by atoms with van der Waals surface area (Å²) >= 11 is 0. The van der Waals surface area contributed by atoms with Gasteiger partial charge in [-0.3, -0.25) is 4.79 Å². The lowest BCUT2D eigenvalue weighted by atomic mass is 10.2. The van der Waals surface area contributed by atoms with Crippen molar-refractivity contribution in [1.82, 2.24) is 19.3 Å². The van der Waals surface area contributed by atoms with Gasteiger partial charge in [0.2, 0.25) is 0 Å². The Balaban J connectivity index is 2.00. The first kappa shape index (κ1) is 16.1. The van der Waals surface area contributed by atoms with E-state index in [1.807, 2.05) is 50.2 Å². The van der Waals surface area contributed by atoms with Crippen LogP contribution in [0.4, 0.5) is 0 Å². The largest absolute Gasteiger partial charge is 0.497 e. The zero-order valence-corrected chi connectivity index (χ0v) is 14.8. The predicted molar refractivity (Wildman–Crippen MR) is 100 cm³/mol. The van der Waals surface area contributed by atoms with Gasteiger partial charge >= 0.3 is 0 Å². The Morgan fingerprint density at radius 1 is 1.04 bits per heavy atom. The maximum atomic E-state index is 13.1. The number of fused-ring (bicyclic) bond motifs is 1. The van der Waals surface area contributed by atoms with Crippen LogP contribution in [-0.2, 0) is 0 Å². The number of benzene rings is 1. The van der Waals surface area contributed by atoms with Gasteiger partial charge < -0.3 is 9.30 Å². The number of ether oxygens (including phenoxy) is 1. The molecule has 0 aliphatic rings. The molecule has 0 amide bonds. The van der Waals surface area contributed by atoms with E-state index in [-0.39, 0.29) is 5.56 Å². The van der Waals surface area contributed by atoms with Gasteiger partial charge in [-0.15, -0.1) is 0 Å². The fourth-order valence-corrected chi connectivity index (χ4v) is 3.34. The molecule has 3 heterocycles. The number of methoxy groups -OCH3 is 1. The van der Waals surface area contributed by atoms with Crippen LogP contribution >= 0.6 is 0 Å². The normalized spacial score (nSPS) is 11.0. The van der Waals surface area contributed by atoms with Crippen molar-refractivity contribution >= 4 is 10.8 Å². The van der Waals surface area contributed by atoms with E-state index in [9.17, 15) is 4.79 Å². The third-order valence-electron chi connectivity index (χ3n) is 4.58. The summed E-state index contributed by atoms with van der Waals surface area (Å²) in [6.45, 7) is 3.93. The van der Waals surface area contributed by atoms with Crippen molar-refractivity contribution in [3.8, 4) is 17.3 Å². The first-order chi connectivity index (χ1) is 12.6. The van der Waals surface area contributed by atoms with Crippen molar-refractivity contribution in [3.05, 3.63) is 76.6 Å². The molecule has 3 aromatic heterocycles. The molecule has 0 spiro atoms. The second-order valence-electron chi connectivity index (χ2n) is 6.05. The van der Waals surface area contributed by atoms with Crippen LogP contribution < -0.4 is 10.3 Å². The molecule has 0 aliphatic heterocycles. The van der Waals surface area contributed by atoms with E-state index in [1.54, 1.807) is 25.6 Å². The van der Waals surface area contributed by atoms with E-state index in [2.05, 4.69) is 14.6 Å². The Morgan fingerprint density at radius 2 is 1.88 bits per heavy atom. The molecule has 6 heteroatoms. The number of pyridine rings is 1. The average Bonchev–Trinajstić information content (AvgIpc) is 2.94. The molecule has 6 nitrogen and oxygen atoms in total. The molecule has 0 bridgehead atoms. The van der Waals surface area contributed by atoms with E-state index in [0.717, 1.165) is 28.2 Å². The topological polar surface area (TPSA) is 61.9 Å². The van der Waals surface area contributed by atoms with Gasteiger partial charge in [-0.25, -0.2) is 4.98 Å². The van der Waals surface area contributed by atoms with Crippen molar-refractivity contribution in [1.29, 1.82) is 0 Å². The summed E-state index contributed by atoms with van der Waals surface area (Å²) in [5.41, 5.74) is 2.59. The summed E-state index contributed by atoms with van der Waals surface area (Å²) in [6.07, 6.45) is 3.37. The number of aryl methyl sites for hydroxylation is 2. The highest BCUT2D eigenvalue weighted by Crippen LogP contribution is 2.27. The van der Waals surface area contributed by atoms with E-state index >= 15 is 0 Å². The molecule has 4 aromatic rings. The molecule has 26 heavy (non-hydrogen) atoms. The standard InChI is InChI=1S/C20H18N4O2/c1-13-17-12-22-24(18-9-4-5-10-21-18)20(25)19(17)14(2)23(13)15-7-6-8-16(11-15)26-3/h4-12H,1-3H3. The molecule has 4 rings (SSSR count). The summed E-state index contributed by atoms with van der Waals surface area (Å²) < 4.78 is 8.72. The van der Waals surface area contributed by atoms with Gasteiger partial charge in [-0.2, -0.15) is 9.78 Å². The van der Waals surface area contributed by atoms with E-state index in [4.69, 9.17) is 4.74 Å². The molecular weight excluding hydrogens is 328 g/mol. The lowest BCUT2D eigenvalue weighted by Gasteiger charge is -2.10. The minimum atomic E-state index is -0.177. The number of aromatic nitrogens is 4. The Labute approximate surface area is 150 Å². The Morgan fingerprint density at radius 3 is 2.62 bits per heavy atom. The molecule has 130 valence electrons. The second-order valence-corrected chi connectivity index (χ2v) is 6.05. The van der Waals surface area contributed by atoms with Crippen molar-refractivity contribution in [2.75, 3.05) is 7.11 Å². The second kappa shape index (κ2) is 6.15. The van der Waals surface area contributed by atoms with Gasteiger partial charge in [-0.1, -0.05) is 12.1 Å². The molecule has 0 aliphatic carbocycles. The third-order valence-corrected chi connectivity index (χ3v) is 4.58. The van der Waals surface area contributed by atoms with Crippen LogP contribution in [0, 0.1) is 13.8 Å². The SMILES string of the molecule is COc1cccc(-n2c(C)c3cnn(-c4ccccn4)c(=O)c3c2C)c1. The highest BCUT2D eigenvalue weighted by atomic mass is 16.5. The maximum Gasteiger partial charge on any atom is 0.282 e. The molecule has 0 saturated heterocycles. The fourth-order valence-electron chi connectivity index (χ4n) is 3.34. The summed E-state index contributed by atoms with van der Waals surface area (Å²) in [6, 6.07) is 13.2. The van der Waals surface area contributed by atoms with Gasteiger partial charge in [0.05, 0.1) is 18.7 Å². The van der Waals surface area contributed by atoms with Crippen LogP contribution in [0.25, 0.3) is 22.3 Å². The summed E-state index contributed by atoms with van der Waals surface area (Å²) in [5, 5.41) is 5.80. The molecule has 0 atom stereocenters. The molecule has 1 aromatic carbocycles. The van der Waals surface area contributed by atoms with Crippen LogP contribution in [0.5, 0.6) is 5.75 Å². The van der Waals surface area contributed by atoms with E-state index < -0.39 is 0 Å². The number of rotatable bonds is 3.